The highest BCUT2D eigenvalue weighted by Gasteiger charge is 2.24. The lowest BCUT2D eigenvalue weighted by Crippen LogP contribution is -2.27. The van der Waals surface area contributed by atoms with Crippen molar-refractivity contribution in [1.82, 2.24) is 0 Å². The van der Waals surface area contributed by atoms with Crippen molar-refractivity contribution in [2.75, 3.05) is 0 Å². The Morgan fingerprint density at radius 3 is 2.78 bits per heavy atom. The Balaban J connectivity index is 2.39. The first-order chi connectivity index (χ1) is 8.46. The van der Waals surface area contributed by atoms with Crippen LogP contribution in [-0.4, -0.2) is 5.60 Å². The van der Waals surface area contributed by atoms with Gasteiger partial charge < -0.3 is 9.15 Å². The van der Waals surface area contributed by atoms with Crippen LogP contribution in [0.5, 0.6) is 5.75 Å². The summed E-state index contributed by atoms with van der Waals surface area (Å²) in [4.78, 5) is 11.4. The molecule has 1 aliphatic rings. The summed E-state index contributed by atoms with van der Waals surface area (Å²) in [6.45, 7) is 5.97. The van der Waals surface area contributed by atoms with E-state index in [9.17, 15) is 4.79 Å². The minimum Gasteiger partial charge on any atom is -0.483 e. The number of fused-ring (bicyclic) bond motifs is 3. The molecule has 1 aliphatic heterocycles. The molecule has 3 heteroatoms. The normalized spacial score (nSPS) is 16.4. The van der Waals surface area contributed by atoms with Gasteiger partial charge in [-0.15, -0.1) is 0 Å². The highest BCUT2D eigenvalue weighted by molar-refractivity contribution is 5.91. The maximum atomic E-state index is 11.4. The molecule has 0 N–H and O–H groups in total. The highest BCUT2D eigenvalue weighted by Crippen LogP contribution is 2.37. The summed E-state index contributed by atoms with van der Waals surface area (Å²) in [5, 5.41) is 0.946. The van der Waals surface area contributed by atoms with E-state index in [0.717, 1.165) is 22.3 Å². The Labute approximate surface area is 105 Å². The molecule has 0 fully saturated rings. The lowest BCUT2D eigenvalue weighted by atomic mass is 9.98. The summed E-state index contributed by atoms with van der Waals surface area (Å²) >= 11 is 0. The van der Waals surface area contributed by atoms with E-state index in [0.29, 0.717) is 5.58 Å². The van der Waals surface area contributed by atoms with Gasteiger partial charge in [-0.05, 0) is 50.6 Å². The van der Waals surface area contributed by atoms with Crippen molar-refractivity contribution in [2.45, 2.75) is 26.4 Å². The standard InChI is InChI=1S/C15H14O3/c1-9-8-12-11(6-7-15(2,3)18-12)14-10(9)4-5-13(16)17-14/h4-8H,1-3H3. The van der Waals surface area contributed by atoms with Gasteiger partial charge in [0.05, 0.1) is 5.56 Å². The minimum atomic E-state index is -0.339. The molecule has 0 saturated heterocycles. The largest absolute Gasteiger partial charge is 0.483 e. The summed E-state index contributed by atoms with van der Waals surface area (Å²) in [5.74, 6) is 0.766. The van der Waals surface area contributed by atoms with Crippen molar-refractivity contribution in [2.24, 2.45) is 0 Å². The van der Waals surface area contributed by atoms with Crippen LogP contribution in [0.25, 0.3) is 17.0 Å². The number of aryl methyl sites for hydroxylation is 1. The number of hydrogen-bond donors (Lipinski definition) is 0. The van der Waals surface area contributed by atoms with Crippen LogP contribution in [0, 0.1) is 6.92 Å². The molecule has 0 spiro atoms. The summed E-state index contributed by atoms with van der Waals surface area (Å²) in [6.07, 6.45) is 3.93. The fraction of sp³-hybridized carbons (Fsp3) is 0.267. The smallest absolute Gasteiger partial charge is 0.336 e. The van der Waals surface area contributed by atoms with Crippen LogP contribution in [0.1, 0.15) is 25.0 Å². The van der Waals surface area contributed by atoms with Crippen LogP contribution in [0.4, 0.5) is 0 Å². The van der Waals surface area contributed by atoms with Crippen molar-refractivity contribution >= 4 is 17.0 Å². The van der Waals surface area contributed by atoms with Crippen molar-refractivity contribution in [3.63, 3.8) is 0 Å². The van der Waals surface area contributed by atoms with Gasteiger partial charge in [0.2, 0.25) is 0 Å². The van der Waals surface area contributed by atoms with E-state index in [-0.39, 0.29) is 11.2 Å². The molecule has 2 aromatic rings. The Bertz CT molecular complexity index is 720. The van der Waals surface area contributed by atoms with Gasteiger partial charge in [0.1, 0.15) is 16.9 Å². The molecule has 18 heavy (non-hydrogen) atoms. The maximum Gasteiger partial charge on any atom is 0.336 e. The summed E-state index contributed by atoms with van der Waals surface area (Å²) < 4.78 is 11.2. The van der Waals surface area contributed by atoms with Gasteiger partial charge in [0.15, 0.2) is 0 Å². The van der Waals surface area contributed by atoms with Crippen LogP contribution in [-0.2, 0) is 0 Å². The second-order valence-electron chi connectivity index (χ2n) is 5.14. The van der Waals surface area contributed by atoms with Gasteiger partial charge in [0.25, 0.3) is 0 Å². The second kappa shape index (κ2) is 3.48. The van der Waals surface area contributed by atoms with Crippen molar-refractivity contribution in [3.05, 3.63) is 45.8 Å². The minimum absolute atomic E-state index is 0.331. The van der Waals surface area contributed by atoms with Gasteiger partial charge in [0, 0.05) is 11.5 Å². The Hall–Kier alpha value is -2.03. The summed E-state index contributed by atoms with van der Waals surface area (Å²) in [5.41, 5.74) is 1.81. The summed E-state index contributed by atoms with van der Waals surface area (Å²) in [7, 11) is 0. The van der Waals surface area contributed by atoms with Crippen molar-refractivity contribution in [1.29, 1.82) is 0 Å². The molecular formula is C15H14O3. The first-order valence-corrected chi connectivity index (χ1v) is 5.92. The average Bonchev–Trinajstić information content (AvgIpc) is 2.27. The molecule has 0 aliphatic carbocycles. The lowest BCUT2D eigenvalue weighted by molar-refractivity contribution is 0.159. The van der Waals surface area contributed by atoms with E-state index < -0.39 is 0 Å². The zero-order valence-corrected chi connectivity index (χ0v) is 10.6. The van der Waals surface area contributed by atoms with Gasteiger partial charge >= 0.3 is 5.63 Å². The van der Waals surface area contributed by atoms with Gasteiger partial charge in [-0.3, -0.25) is 0 Å². The van der Waals surface area contributed by atoms with Crippen molar-refractivity contribution < 1.29 is 9.15 Å². The van der Waals surface area contributed by atoms with Gasteiger partial charge in [-0.1, -0.05) is 0 Å². The molecule has 1 aromatic heterocycles. The molecular weight excluding hydrogens is 228 g/mol. The van der Waals surface area contributed by atoms with Crippen LogP contribution < -0.4 is 10.4 Å². The molecule has 0 bridgehead atoms. The van der Waals surface area contributed by atoms with Crippen LogP contribution in [0.15, 0.2) is 33.5 Å². The van der Waals surface area contributed by atoms with Gasteiger partial charge in [-0.2, -0.15) is 0 Å². The maximum absolute atomic E-state index is 11.4. The Morgan fingerprint density at radius 2 is 2.00 bits per heavy atom. The number of rotatable bonds is 0. The third kappa shape index (κ3) is 1.63. The quantitative estimate of drug-likeness (QED) is 0.665. The molecule has 92 valence electrons. The van der Waals surface area contributed by atoms with Gasteiger partial charge in [-0.25, -0.2) is 4.79 Å². The van der Waals surface area contributed by atoms with E-state index in [2.05, 4.69) is 0 Å². The second-order valence-corrected chi connectivity index (χ2v) is 5.14. The number of benzene rings is 1. The molecule has 0 atom stereocenters. The van der Waals surface area contributed by atoms with E-state index in [1.807, 2.05) is 39.0 Å². The number of hydrogen-bond acceptors (Lipinski definition) is 3. The number of ether oxygens (including phenoxy) is 1. The average molecular weight is 242 g/mol. The van der Waals surface area contributed by atoms with Crippen LogP contribution in [0.2, 0.25) is 0 Å². The fourth-order valence-electron chi connectivity index (χ4n) is 2.23. The molecule has 0 radical (unpaired) electrons. The predicted molar refractivity (Wildman–Crippen MR) is 71.0 cm³/mol. The molecule has 1 aromatic carbocycles. The fourth-order valence-corrected chi connectivity index (χ4v) is 2.23. The van der Waals surface area contributed by atoms with E-state index in [1.165, 1.54) is 6.07 Å². The first-order valence-electron chi connectivity index (χ1n) is 5.92. The van der Waals surface area contributed by atoms with E-state index >= 15 is 0 Å². The van der Waals surface area contributed by atoms with E-state index in [4.69, 9.17) is 9.15 Å². The monoisotopic (exact) mass is 242 g/mol. The van der Waals surface area contributed by atoms with E-state index in [1.54, 1.807) is 6.07 Å². The lowest BCUT2D eigenvalue weighted by Gasteiger charge is -2.28. The third-order valence-electron chi connectivity index (χ3n) is 3.14. The highest BCUT2D eigenvalue weighted by atomic mass is 16.5. The molecule has 2 heterocycles. The summed E-state index contributed by atoms with van der Waals surface area (Å²) in [6, 6.07) is 5.23. The SMILES string of the molecule is Cc1cc2c(c3oc(=O)ccc13)C=CC(C)(C)O2. The Kier molecular flexibility index (Phi) is 2.14. The molecule has 3 rings (SSSR count). The van der Waals surface area contributed by atoms with Crippen molar-refractivity contribution in [3.8, 4) is 5.75 Å². The molecule has 3 nitrogen and oxygen atoms in total. The predicted octanol–water partition coefficient (Wildman–Crippen LogP) is 3.29. The molecule has 0 saturated carbocycles. The van der Waals surface area contributed by atoms with Crippen LogP contribution >= 0.6 is 0 Å². The third-order valence-corrected chi connectivity index (χ3v) is 3.14. The topological polar surface area (TPSA) is 39.4 Å². The zero-order chi connectivity index (χ0) is 12.9. The Morgan fingerprint density at radius 1 is 1.22 bits per heavy atom. The zero-order valence-electron chi connectivity index (χ0n) is 10.6. The molecule has 0 amide bonds. The molecule has 0 unspecified atom stereocenters. The van der Waals surface area contributed by atoms with Crippen LogP contribution in [0.3, 0.4) is 0 Å². The first kappa shape index (κ1) is 11.1.